The van der Waals surface area contributed by atoms with Crippen LogP contribution in [-0.4, -0.2) is 10.2 Å². The molecule has 2 nitrogen and oxygen atoms in total. The van der Waals surface area contributed by atoms with Gasteiger partial charge in [0.2, 0.25) is 0 Å². The molecule has 0 fully saturated rings. The molecule has 0 spiro atoms. The summed E-state index contributed by atoms with van der Waals surface area (Å²) in [6.07, 6.45) is 0. The van der Waals surface area contributed by atoms with Crippen molar-refractivity contribution in [2.75, 3.05) is 0 Å². The Morgan fingerprint density at radius 3 is 2.05 bits per heavy atom. The molecule has 22 heavy (non-hydrogen) atoms. The first kappa shape index (κ1) is 14.2. The highest BCUT2D eigenvalue weighted by atomic mass is 16.3. The van der Waals surface area contributed by atoms with Crippen molar-refractivity contribution in [3.8, 4) is 33.8 Å². The zero-order valence-corrected chi connectivity index (χ0v) is 12.7. The van der Waals surface area contributed by atoms with E-state index in [1.54, 1.807) is 18.2 Å². The summed E-state index contributed by atoms with van der Waals surface area (Å²) >= 11 is 0. The third-order valence-electron chi connectivity index (χ3n) is 4.13. The van der Waals surface area contributed by atoms with E-state index in [0.717, 1.165) is 33.4 Å². The van der Waals surface area contributed by atoms with Crippen molar-refractivity contribution in [1.29, 1.82) is 0 Å². The van der Waals surface area contributed by atoms with E-state index in [1.165, 1.54) is 0 Å². The lowest BCUT2D eigenvalue weighted by Crippen LogP contribution is -1.88. The van der Waals surface area contributed by atoms with Gasteiger partial charge in [-0.05, 0) is 71.5 Å². The Kier molecular flexibility index (Phi) is 3.60. The molecule has 0 aliphatic heterocycles. The molecule has 0 amide bonds. The van der Waals surface area contributed by atoms with Crippen LogP contribution in [0.1, 0.15) is 11.1 Å². The number of aromatic hydroxyl groups is 2. The van der Waals surface area contributed by atoms with Crippen LogP contribution < -0.4 is 0 Å². The van der Waals surface area contributed by atoms with Crippen LogP contribution in [0.2, 0.25) is 0 Å². The number of rotatable bonds is 2. The molecule has 3 aromatic rings. The molecule has 0 saturated heterocycles. The van der Waals surface area contributed by atoms with Gasteiger partial charge in [0.05, 0.1) is 0 Å². The minimum atomic E-state index is 0.268. The summed E-state index contributed by atoms with van der Waals surface area (Å²) in [5.41, 5.74) is 6.40. The quantitative estimate of drug-likeness (QED) is 0.693. The number of hydrogen-bond acceptors (Lipinski definition) is 2. The highest BCUT2D eigenvalue weighted by Crippen LogP contribution is 2.32. The Hall–Kier alpha value is -2.74. The van der Waals surface area contributed by atoms with Crippen molar-refractivity contribution < 1.29 is 10.2 Å². The van der Waals surface area contributed by atoms with Crippen LogP contribution in [0.3, 0.4) is 0 Å². The molecule has 0 aliphatic rings. The first-order valence-electron chi connectivity index (χ1n) is 7.25. The Morgan fingerprint density at radius 2 is 1.32 bits per heavy atom. The van der Waals surface area contributed by atoms with Gasteiger partial charge in [-0.3, -0.25) is 0 Å². The molecule has 0 aliphatic carbocycles. The first-order chi connectivity index (χ1) is 10.6. The standard InChI is InChI=1S/C20H18O2/c1-13-14(2)20(22)11-10-19(13)17-5-3-4-16(12-17)15-6-8-18(21)9-7-15/h3-12,21-22H,1-2H3. The van der Waals surface area contributed by atoms with E-state index in [1.807, 2.05) is 38.1 Å². The average molecular weight is 290 g/mol. The van der Waals surface area contributed by atoms with Crippen LogP contribution in [0.5, 0.6) is 11.5 Å². The molecule has 3 aromatic carbocycles. The maximum Gasteiger partial charge on any atom is 0.118 e. The Morgan fingerprint density at radius 1 is 0.636 bits per heavy atom. The lowest BCUT2D eigenvalue weighted by atomic mass is 9.94. The minimum absolute atomic E-state index is 0.268. The zero-order chi connectivity index (χ0) is 15.7. The minimum Gasteiger partial charge on any atom is -0.508 e. The van der Waals surface area contributed by atoms with E-state index in [9.17, 15) is 10.2 Å². The lowest BCUT2D eigenvalue weighted by Gasteiger charge is -2.12. The van der Waals surface area contributed by atoms with Crippen LogP contribution in [0.15, 0.2) is 60.7 Å². The van der Waals surface area contributed by atoms with Crippen molar-refractivity contribution in [2.45, 2.75) is 13.8 Å². The van der Waals surface area contributed by atoms with Gasteiger partial charge in [0.15, 0.2) is 0 Å². The Balaban J connectivity index is 2.09. The summed E-state index contributed by atoms with van der Waals surface area (Å²) in [5, 5.41) is 19.2. The smallest absolute Gasteiger partial charge is 0.118 e. The highest BCUT2D eigenvalue weighted by molar-refractivity contribution is 5.76. The molecular weight excluding hydrogens is 272 g/mol. The van der Waals surface area contributed by atoms with Gasteiger partial charge in [0.1, 0.15) is 11.5 Å². The molecule has 2 heteroatoms. The second kappa shape index (κ2) is 5.57. The van der Waals surface area contributed by atoms with Crippen molar-refractivity contribution in [3.05, 3.63) is 71.8 Å². The zero-order valence-electron chi connectivity index (χ0n) is 12.7. The fraction of sp³-hybridized carbons (Fsp3) is 0.100. The summed E-state index contributed by atoms with van der Waals surface area (Å²) in [4.78, 5) is 0. The largest absolute Gasteiger partial charge is 0.508 e. The van der Waals surface area contributed by atoms with Crippen LogP contribution in [0, 0.1) is 13.8 Å². The molecule has 0 saturated carbocycles. The topological polar surface area (TPSA) is 40.5 Å². The monoisotopic (exact) mass is 290 g/mol. The summed E-state index contributed by atoms with van der Waals surface area (Å²) in [5.74, 6) is 0.598. The summed E-state index contributed by atoms with van der Waals surface area (Å²) in [6, 6.07) is 19.2. The molecule has 2 N–H and O–H groups in total. The SMILES string of the molecule is Cc1c(O)ccc(-c2cccc(-c3ccc(O)cc3)c2)c1C. The van der Waals surface area contributed by atoms with Crippen molar-refractivity contribution in [1.82, 2.24) is 0 Å². The third-order valence-corrected chi connectivity index (χ3v) is 4.13. The maximum atomic E-state index is 9.81. The maximum absolute atomic E-state index is 9.81. The molecule has 0 radical (unpaired) electrons. The number of phenols is 2. The molecule has 3 rings (SSSR count). The van der Waals surface area contributed by atoms with Crippen LogP contribution in [0.4, 0.5) is 0 Å². The van der Waals surface area contributed by atoms with Crippen molar-refractivity contribution in [3.63, 3.8) is 0 Å². The molecule has 0 bridgehead atoms. The van der Waals surface area contributed by atoms with Gasteiger partial charge >= 0.3 is 0 Å². The van der Waals surface area contributed by atoms with Gasteiger partial charge in [0.25, 0.3) is 0 Å². The van der Waals surface area contributed by atoms with Crippen LogP contribution in [-0.2, 0) is 0 Å². The van der Waals surface area contributed by atoms with Crippen molar-refractivity contribution in [2.24, 2.45) is 0 Å². The van der Waals surface area contributed by atoms with Crippen LogP contribution in [0.25, 0.3) is 22.3 Å². The van der Waals surface area contributed by atoms with E-state index in [0.29, 0.717) is 5.75 Å². The van der Waals surface area contributed by atoms with Gasteiger partial charge in [-0.1, -0.05) is 36.4 Å². The molecule has 0 unspecified atom stereocenters. The van der Waals surface area contributed by atoms with Gasteiger partial charge in [0, 0.05) is 0 Å². The molecule has 0 atom stereocenters. The van der Waals surface area contributed by atoms with Gasteiger partial charge < -0.3 is 10.2 Å². The van der Waals surface area contributed by atoms with E-state index in [4.69, 9.17) is 0 Å². The van der Waals surface area contributed by atoms with Crippen molar-refractivity contribution >= 4 is 0 Å². The first-order valence-corrected chi connectivity index (χ1v) is 7.25. The van der Waals surface area contributed by atoms with Gasteiger partial charge in [-0.15, -0.1) is 0 Å². The van der Waals surface area contributed by atoms with Gasteiger partial charge in [-0.2, -0.15) is 0 Å². The summed E-state index contributed by atoms with van der Waals surface area (Å²) < 4.78 is 0. The van der Waals surface area contributed by atoms with E-state index >= 15 is 0 Å². The molecule has 0 heterocycles. The predicted octanol–water partition coefficient (Wildman–Crippen LogP) is 5.05. The second-order valence-corrected chi connectivity index (χ2v) is 5.51. The fourth-order valence-corrected chi connectivity index (χ4v) is 2.64. The second-order valence-electron chi connectivity index (χ2n) is 5.51. The van der Waals surface area contributed by atoms with E-state index in [2.05, 4.69) is 18.2 Å². The number of phenolic OH excluding ortho intramolecular Hbond substituents is 2. The Labute approximate surface area is 130 Å². The normalized spacial score (nSPS) is 10.6. The number of hydrogen-bond donors (Lipinski definition) is 2. The lowest BCUT2D eigenvalue weighted by molar-refractivity contribution is 0.470. The van der Waals surface area contributed by atoms with Gasteiger partial charge in [-0.25, -0.2) is 0 Å². The molecular formula is C20H18O2. The Bertz CT molecular complexity index is 818. The fourth-order valence-electron chi connectivity index (χ4n) is 2.64. The molecule has 0 aromatic heterocycles. The average Bonchev–Trinajstić information content (AvgIpc) is 2.54. The summed E-state index contributed by atoms with van der Waals surface area (Å²) in [7, 11) is 0. The van der Waals surface area contributed by atoms with Crippen LogP contribution >= 0.6 is 0 Å². The summed E-state index contributed by atoms with van der Waals surface area (Å²) in [6.45, 7) is 3.95. The van der Waals surface area contributed by atoms with E-state index in [-0.39, 0.29) is 5.75 Å². The third kappa shape index (κ3) is 2.56. The van der Waals surface area contributed by atoms with E-state index < -0.39 is 0 Å². The highest BCUT2D eigenvalue weighted by Gasteiger charge is 2.08. The predicted molar refractivity (Wildman–Crippen MR) is 90.1 cm³/mol. The molecule has 110 valence electrons. The number of benzene rings is 3.